The minimum absolute atomic E-state index is 0.108. The van der Waals surface area contributed by atoms with Crippen LogP contribution in [0.5, 0.6) is 0 Å². The number of nitrogens with zero attached hydrogens (tertiary/aromatic N) is 2. The Labute approximate surface area is 194 Å². The maximum Gasteiger partial charge on any atom is 0.416 e. The largest absolute Gasteiger partial charge is 0.416 e. The van der Waals surface area contributed by atoms with Crippen molar-refractivity contribution in [1.82, 2.24) is 5.32 Å². The Hall–Kier alpha value is -3.58. The third-order valence-electron chi connectivity index (χ3n) is 6.58. The molecule has 0 spiro atoms. The van der Waals surface area contributed by atoms with Crippen molar-refractivity contribution in [2.75, 3.05) is 4.31 Å². The van der Waals surface area contributed by atoms with Gasteiger partial charge in [-0.1, -0.05) is 30.3 Å². The molecule has 3 fully saturated rings. The maximum absolute atomic E-state index is 13.5. The summed E-state index contributed by atoms with van der Waals surface area (Å²) in [6.45, 7) is 0. The molecule has 0 atom stereocenters. The first-order chi connectivity index (χ1) is 16.0. The summed E-state index contributed by atoms with van der Waals surface area (Å²) in [6, 6.07) is 16.5. The van der Waals surface area contributed by atoms with Gasteiger partial charge in [-0.3, -0.25) is 4.79 Å². The van der Waals surface area contributed by atoms with Gasteiger partial charge in [-0.05, 0) is 60.4 Å². The van der Waals surface area contributed by atoms with E-state index in [1.54, 1.807) is 24.3 Å². The van der Waals surface area contributed by atoms with E-state index in [0.29, 0.717) is 30.7 Å². The topological polar surface area (TPSA) is 90.3 Å². The summed E-state index contributed by atoms with van der Waals surface area (Å²) in [5.41, 5.74) is -2.56. The molecule has 3 saturated carbocycles. The van der Waals surface area contributed by atoms with Gasteiger partial charge in [-0.25, -0.2) is 12.7 Å². The number of fused-ring (bicyclic) bond motifs is 1. The number of carbonyl (C=O) groups excluding carboxylic acids is 1. The van der Waals surface area contributed by atoms with Gasteiger partial charge in [0.1, 0.15) is 0 Å². The summed E-state index contributed by atoms with van der Waals surface area (Å²) in [7, 11) is -3.44. The molecule has 3 aromatic rings. The molecule has 3 aliphatic rings. The summed E-state index contributed by atoms with van der Waals surface area (Å²) in [5, 5.41) is 13.5. The molecule has 1 N–H and O–H groups in total. The van der Waals surface area contributed by atoms with Crippen LogP contribution >= 0.6 is 0 Å². The second kappa shape index (κ2) is 7.46. The molecule has 3 aliphatic carbocycles. The lowest BCUT2D eigenvalue weighted by Crippen LogP contribution is -2.74. The number of hydrogen-bond donors (Lipinski definition) is 2. The third-order valence-corrected chi connectivity index (χ3v) is 7.36. The standard InChI is InChI=1S/C24H18F3N3O3S/c25-24(26,27)17-6-8-19(21(31)29-23-11-22(12-23,13-23)14-28)20(10-17)30(34(32)33)18-7-5-15-3-1-2-4-16(15)9-18/h1-10,34H,11-13H2,(H,29,31). The fraction of sp³-hybridized carbons (Fsp3) is 0.250. The first-order valence-corrected chi connectivity index (χ1v) is 11.6. The highest BCUT2D eigenvalue weighted by molar-refractivity contribution is 7.74. The van der Waals surface area contributed by atoms with Crippen LogP contribution < -0.4 is 9.62 Å². The summed E-state index contributed by atoms with van der Waals surface area (Å²) >= 11 is 0. The molecule has 2 bridgehead atoms. The summed E-state index contributed by atoms with van der Waals surface area (Å²) in [6.07, 6.45) is -3.31. The molecule has 0 saturated heterocycles. The van der Waals surface area contributed by atoms with Crippen molar-refractivity contribution in [1.29, 1.82) is 5.26 Å². The van der Waals surface area contributed by atoms with E-state index in [9.17, 15) is 31.6 Å². The van der Waals surface area contributed by atoms with Gasteiger partial charge < -0.3 is 5.32 Å². The number of alkyl halides is 3. The number of thiol groups is 1. The number of hydrogen-bond acceptors (Lipinski definition) is 4. The molecule has 3 aromatic carbocycles. The number of anilines is 2. The summed E-state index contributed by atoms with van der Waals surface area (Å²) in [4.78, 5) is 13.1. The zero-order valence-corrected chi connectivity index (χ0v) is 18.5. The van der Waals surface area contributed by atoms with Crippen LogP contribution in [0.1, 0.15) is 35.2 Å². The second-order valence-electron chi connectivity index (χ2n) is 8.97. The van der Waals surface area contributed by atoms with E-state index in [1.165, 1.54) is 6.07 Å². The van der Waals surface area contributed by atoms with Gasteiger partial charge in [-0.15, -0.1) is 0 Å². The minimum Gasteiger partial charge on any atom is -0.346 e. The zero-order chi connectivity index (χ0) is 24.3. The lowest BCUT2D eigenvalue weighted by molar-refractivity contribution is -0.137. The van der Waals surface area contributed by atoms with Gasteiger partial charge >= 0.3 is 6.18 Å². The number of halogens is 3. The van der Waals surface area contributed by atoms with E-state index >= 15 is 0 Å². The van der Waals surface area contributed by atoms with Gasteiger partial charge in [0.05, 0.1) is 34.0 Å². The maximum atomic E-state index is 13.5. The monoisotopic (exact) mass is 485 g/mol. The Morgan fingerprint density at radius 2 is 1.68 bits per heavy atom. The Morgan fingerprint density at radius 1 is 1.00 bits per heavy atom. The molecule has 0 heterocycles. The summed E-state index contributed by atoms with van der Waals surface area (Å²) < 4.78 is 65.9. The van der Waals surface area contributed by atoms with Gasteiger partial charge in [0, 0.05) is 5.54 Å². The van der Waals surface area contributed by atoms with E-state index in [4.69, 9.17) is 0 Å². The van der Waals surface area contributed by atoms with Crippen LogP contribution in [0.3, 0.4) is 0 Å². The Morgan fingerprint density at radius 3 is 2.29 bits per heavy atom. The van der Waals surface area contributed by atoms with Crippen molar-refractivity contribution in [2.45, 2.75) is 31.0 Å². The van der Waals surface area contributed by atoms with Crippen molar-refractivity contribution < 1.29 is 26.4 Å². The van der Waals surface area contributed by atoms with E-state index in [2.05, 4.69) is 11.4 Å². The van der Waals surface area contributed by atoms with Gasteiger partial charge in [0.2, 0.25) is 10.9 Å². The predicted molar refractivity (Wildman–Crippen MR) is 120 cm³/mol. The molecule has 0 unspecified atom stereocenters. The number of rotatable bonds is 5. The van der Waals surface area contributed by atoms with Crippen molar-refractivity contribution in [2.24, 2.45) is 5.41 Å². The van der Waals surface area contributed by atoms with Crippen molar-refractivity contribution in [3.05, 3.63) is 71.8 Å². The van der Waals surface area contributed by atoms with Crippen LogP contribution in [0.2, 0.25) is 0 Å². The average molecular weight is 485 g/mol. The number of benzene rings is 3. The number of nitrogens with one attached hydrogen (secondary N) is 1. The number of nitriles is 1. The van der Waals surface area contributed by atoms with Crippen LogP contribution in [0, 0.1) is 16.7 Å². The van der Waals surface area contributed by atoms with Crippen LogP contribution in [0.15, 0.2) is 60.7 Å². The number of carbonyl (C=O) groups is 1. The van der Waals surface area contributed by atoms with Gasteiger partial charge in [0.25, 0.3) is 5.91 Å². The van der Waals surface area contributed by atoms with Crippen molar-refractivity contribution in [3.8, 4) is 6.07 Å². The molecular weight excluding hydrogens is 467 g/mol. The minimum atomic E-state index is -4.74. The van der Waals surface area contributed by atoms with Crippen molar-refractivity contribution in [3.63, 3.8) is 0 Å². The first-order valence-electron chi connectivity index (χ1n) is 10.4. The van der Waals surface area contributed by atoms with E-state index in [1.807, 2.05) is 12.1 Å². The highest BCUT2D eigenvalue weighted by atomic mass is 32.2. The van der Waals surface area contributed by atoms with E-state index < -0.39 is 39.5 Å². The van der Waals surface area contributed by atoms with Gasteiger partial charge in [-0.2, -0.15) is 18.4 Å². The average Bonchev–Trinajstić information content (AvgIpc) is 2.74. The second-order valence-corrected chi connectivity index (χ2v) is 9.84. The Balaban J connectivity index is 1.59. The van der Waals surface area contributed by atoms with Crippen molar-refractivity contribution >= 4 is 38.9 Å². The van der Waals surface area contributed by atoms with Crippen LogP contribution in [0.4, 0.5) is 24.5 Å². The normalized spacial score (nSPS) is 23.0. The molecule has 34 heavy (non-hydrogen) atoms. The Bertz CT molecular complexity index is 1430. The molecule has 6 rings (SSSR count). The van der Waals surface area contributed by atoms with E-state index in [0.717, 1.165) is 21.8 Å². The fourth-order valence-electron chi connectivity index (χ4n) is 5.05. The molecule has 0 radical (unpaired) electrons. The highest BCUT2D eigenvalue weighted by Gasteiger charge is 2.69. The molecule has 10 heteroatoms. The highest BCUT2D eigenvalue weighted by Crippen LogP contribution is 2.66. The van der Waals surface area contributed by atoms with Crippen LogP contribution in [-0.2, 0) is 17.1 Å². The first kappa shape index (κ1) is 22.2. The molecule has 174 valence electrons. The SMILES string of the molecule is N#CC12CC(NC(=O)c3ccc(C(F)(F)F)cc3N(c3ccc4ccccc4c3)[SH](=O)=O)(C1)C2. The van der Waals surface area contributed by atoms with Crippen LogP contribution in [-0.4, -0.2) is 19.9 Å². The molecule has 6 nitrogen and oxygen atoms in total. The molecular formula is C24H18F3N3O3S. The molecule has 0 aromatic heterocycles. The summed E-state index contributed by atoms with van der Waals surface area (Å²) in [5.74, 6) is -0.683. The lowest BCUT2D eigenvalue weighted by atomic mass is 9.40. The number of amides is 1. The molecule has 0 aliphatic heterocycles. The smallest absolute Gasteiger partial charge is 0.346 e. The Kier molecular flexibility index (Phi) is 4.88. The van der Waals surface area contributed by atoms with Gasteiger partial charge in [0.15, 0.2) is 0 Å². The van der Waals surface area contributed by atoms with Crippen LogP contribution in [0.25, 0.3) is 10.8 Å². The third kappa shape index (κ3) is 3.56. The molecule has 1 amide bonds. The quantitative estimate of drug-likeness (QED) is 0.513. The predicted octanol–water partition coefficient (Wildman–Crippen LogP) is 4.70. The lowest BCUT2D eigenvalue weighted by Gasteiger charge is -2.67. The van der Waals surface area contributed by atoms with E-state index in [-0.39, 0.29) is 16.9 Å². The zero-order valence-electron chi connectivity index (χ0n) is 17.6. The fourth-order valence-corrected chi connectivity index (χ4v) is 5.71.